The van der Waals surface area contributed by atoms with Gasteiger partial charge in [0.05, 0.1) is 11.7 Å². The minimum absolute atomic E-state index is 0.0983. The lowest BCUT2D eigenvalue weighted by Gasteiger charge is -2.59. The standard InChI is InChI=1S/C35H54O3/c1-24(2)12-10-13-25(3)14-11-17-29-32-30(19-20-34(29,4)5)35(6)21-18-28(22-27(35)23-31(32)36)38-33(37)26-15-8-7-9-16-26/h7-9,15-16,23-25,28-32,36H,10-14,17-22H2,1-6H3. The van der Waals surface area contributed by atoms with Gasteiger partial charge in [-0.1, -0.05) is 103 Å². The third kappa shape index (κ3) is 6.57. The highest BCUT2D eigenvalue weighted by Crippen LogP contribution is 2.62. The van der Waals surface area contributed by atoms with Crippen molar-refractivity contribution in [3.05, 3.63) is 47.5 Å². The molecule has 0 radical (unpaired) electrons. The van der Waals surface area contributed by atoms with Crippen LogP contribution in [0.3, 0.4) is 0 Å². The maximum Gasteiger partial charge on any atom is 0.338 e. The number of carbonyl (C=O) groups is 1. The Kier molecular flexibility index (Phi) is 9.49. The first-order chi connectivity index (χ1) is 18.0. The molecule has 3 nitrogen and oxygen atoms in total. The molecule has 0 spiro atoms. The van der Waals surface area contributed by atoms with E-state index in [2.05, 4.69) is 47.6 Å². The number of hydrogen-bond donors (Lipinski definition) is 1. The highest BCUT2D eigenvalue weighted by Gasteiger charge is 2.56. The summed E-state index contributed by atoms with van der Waals surface area (Å²) < 4.78 is 5.95. The number of hydrogen-bond acceptors (Lipinski definition) is 3. The Bertz CT molecular complexity index is 947. The molecule has 2 saturated carbocycles. The summed E-state index contributed by atoms with van der Waals surface area (Å²) in [5, 5.41) is 11.6. The van der Waals surface area contributed by atoms with Crippen LogP contribution in [0.2, 0.25) is 0 Å². The topological polar surface area (TPSA) is 46.5 Å². The molecule has 3 heteroatoms. The Labute approximate surface area is 232 Å². The minimum Gasteiger partial charge on any atom is -0.458 e. The molecule has 0 aliphatic heterocycles. The van der Waals surface area contributed by atoms with E-state index in [0.29, 0.717) is 23.3 Å². The van der Waals surface area contributed by atoms with E-state index >= 15 is 0 Å². The van der Waals surface area contributed by atoms with Crippen molar-refractivity contribution in [1.29, 1.82) is 0 Å². The summed E-state index contributed by atoms with van der Waals surface area (Å²) in [5.74, 6) is 2.79. The molecule has 3 aliphatic rings. The third-order valence-electron chi connectivity index (χ3n) is 10.8. The molecule has 0 heterocycles. The summed E-state index contributed by atoms with van der Waals surface area (Å²) in [4.78, 5) is 12.7. The predicted molar refractivity (Wildman–Crippen MR) is 157 cm³/mol. The minimum atomic E-state index is -0.389. The number of aliphatic hydroxyl groups excluding tert-OH is 1. The average Bonchev–Trinajstić information content (AvgIpc) is 2.86. The van der Waals surface area contributed by atoms with E-state index in [4.69, 9.17) is 4.74 Å². The van der Waals surface area contributed by atoms with Gasteiger partial charge in [0, 0.05) is 6.42 Å². The van der Waals surface area contributed by atoms with Crippen molar-refractivity contribution in [1.82, 2.24) is 0 Å². The van der Waals surface area contributed by atoms with Gasteiger partial charge < -0.3 is 9.84 Å². The molecule has 1 aromatic carbocycles. The molecule has 7 atom stereocenters. The van der Waals surface area contributed by atoms with Crippen LogP contribution in [0.4, 0.5) is 0 Å². The molecule has 2 fully saturated rings. The van der Waals surface area contributed by atoms with Gasteiger partial charge in [-0.3, -0.25) is 0 Å². The van der Waals surface area contributed by atoms with Crippen LogP contribution in [0.5, 0.6) is 0 Å². The summed E-state index contributed by atoms with van der Waals surface area (Å²) >= 11 is 0. The van der Waals surface area contributed by atoms with E-state index in [1.54, 1.807) is 0 Å². The molecular formula is C35H54O3. The van der Waals surface area contributed by atoms with Gasteiger partial charge in [-0.25, -0.2) is 4.79 Å². The van der Waals surface area contributed by atoms with Crippen LogP contribution >= 0.6 is 0 Å². The fourth-order valence-electron chi connectivity index (χ4n) is 8.31. The highest BCUT2D eigenvalue weighted by atomic mass is 16.5. The molecule has 0 amide bonds. The summed E-state index contributed by atoms with van der Waals surface area (Å²) in [6, 6.07) is 9.31. The number of aliphatic hydroxyl groups is 1. The first-order valence-corrected chi connectivity index (χ1v) is 15.7. The largest absolute Gasteiger partial charge is 0.458 e. The van der Waals surface area contributed by atoms with Gasteiger partial charge in [0.15, 0.2) is 0 Å². The lowest BCUT2D eigenvalue weighted by Crippen LogP contribution is -2.54. The van der Waals surface area contributed by atoms with Crippen LogP contribution in [0.25, 0.3) is 0 Å². The number of fused-ring (bicyclic) bond motifs is 3. The quantitative estimate of drug-likeness (QED) is 0.246. The van der Waals surface area contributed by atoms with Crippen LogP contribution in [0.15, 0.2) is 42.0 Å². The molecule has 1 aromatic rings. The third-order valence-corrected chi connectivity index (χ3v) is 10.8. The Morgan fingerprint density at radius 2 is 1.71 bits per heavy atom. The Morgan fingerprint density at radius 1 is 1.00 bits per heavy atom. The zero-order valence-corrected chi connectivity index (χ0v) is 25.0. The van der Waals surface area contributed by atoms with Crippen molar-refractivity contribution >= 4 is 5.97 Å². The number of benzene rings is 1. The second-order valence-electron chi connectivity index (χ2n) is 14.4. The zero-order chi connectivity index (χ0) is 27.5. The average molecular weight is 523 g/mol. The van der Waals surface area contributed by atoms with E-state index in [1.165, 1.54) is 56.9 Å². The van der Waals surface area contributed by atoms with Crippen molar-refractivity contribution in [3.63, 3.8) is 0 Å². The van der Waals surface area contributed by atoms with Crippen molar-refractivity contribution in [3.8, 4) is 0 Å². The highest BCUT2D eigenvalue weighted by molar-refractivity contribution is 5.89. The van der Waals surface area contributed by atoms with Crippen LogP contribution in [-0.4, -0.2) is 23.3 Å². The Morgan fingerprint density at radius 3 is 2.42 bits per heavy atom. The molecule has 212 valence electrons. The fourth-order valence-corrected chi connectivity index (χ4v) is 8.31. The van der Waals surface area contributed by atoms with E-state index in [9.17, 15) is 9.90 Å². The van der Waals surface area contributed by atoms with Crippen LogP contribution < -0.4 is 0 Å². The number of ether oxygens (including phenoxy) is 1. The SMILES string of the molecule is CC(C)CCCC(C)CCCC1C2C(O)C=C3CC(OC(=O)c4ccccc4)CCC3(C)C2CCC1(C)C. The summed E-state index contributed by atoms with van der Waals surface area (Å²) in [6.45, 7) is 14.4. The van der Waals surface area contributed by atoms with Gasteiger partial charge in [0.1, 0.15) is 6.10 Å². The molecule has 0 saturated heterocycles. The summed E-state index contributed by atoms with van der Waals surface area (Å²) in [7, 11) is 0. The maximum absolute atomic E-state index is 12.7. The first kappa shape index (κ1) is 29.4. The zero-order valence-electron chi connectivity index (χ0n) is 25.0. The van der Waals surface area contributed by atoms with E-state index < -0.39 is 0 Å². The second-order valence-corrected chi connectivity index (χ2v) is 14.4. The Hall–Kier alpha value is -1.61. The molecule has 0 bridgehead atoms. The van der Waals surface area contributed by atoms with Crippen molar-refractivity contribution in [2.45, 2.75) is 124 Å². The number of esters is 1. The van der Waals surface area contributed by atoms with Gasteiger partial charge in [-0.15, -0.1) is 0 Å². The van der Waals surface area contributed by atoms with E-state index in [0.717, 1.165) is 31.1 Å². The van der Waals surface area contributed by atoms with Gasteiger partial charge in [-0.2, -0.15) is 0 Å². The number of rotatable bonds is 10. The van der Waals surface area contributed by atoms with Crippen molar-refractivity contribution < 1.29 is 14.6 Å². The van der Waals surface area contributed by atoms with Gasteiger partial charge in [0.2, 0.25) is 0 Å². The van der Waals surface area contributed by atoms with Crippen LogP contribution in [0.1, 0.15) is 123 Å². The summed E-state index contributed by atoms with van der Waals surface area (Å²) in [5.41, 5.74) is 2.33. The molecule has 7 unspecified atom stereocenters. The van der Waals surface area contributed by atoms with Crippen molar-refractivity contribution in [2.24, 2.45) is 40.4 Å². The maximum atomic E-state index is 12.7. The smallest absolute Gasteiger partial charge is 0.338 e. The van der Waals surface area contributed by atoms with Crippen LogP contribution in [-0.2, 0) is 4.74 Å². The first-order valence-electron chi connectivity index (χ1n) is 15.7. The molecule has 4 rings (SSSR count). The van der Waals surface area contributed by atoms with Crippen molar-refractivity contribution in [2.75, 3.05) is 0 Å². The molecule has 0 aromatic heterocycles. The molecule has 38 heavy (non-hydrogen) atoms. The van der Waals surface area contributed by atoms with Crippen LogP contribution in [0, 0.1) is 40.4 Å². The van der Waals surface area contributed by atoms with Gasteiger partial charge >= 0.3 is 5.97 Å². The second kappa shape index (κ2) is 12.3. The number of carbonyl (C=O) groups excluding carboxylic acids is 1. The lowest BCUT2D eigenvalue weighted by atomic mass is 9.46. The monoisotopic (exact) mass is 522 g/mol. The lowest BCUT2D eigenvalue weighted by molar-refractivity contribution is -0.0927. The predicted octanol–water partition coefficient (Wildman–Crippen LogP) is 9.00. The summed E-state index contributed by atoms with van der Waals surface area (Å²) in [6.07, 6.45) is 14.7. The Balaban J connectivity index is 1.41. The van der Waals surface area contributed by atoms with E-state index in [1.807, 2.05) is 30.3 Å². The normalized spacial score (nSPS) is 33.2. The van der Waals surface area contributed by atoms with Gasteiger partial charge in [0.25, 0.3) is 0 Å². The van der Waals surface area contributed by atoms with E-state index in [-0.39, 0.29) is 29.0 Å². The molecular weight excluding hydrogens is 468 g/mol. The fraction of sp³-hybridized carbons (Fsp3) is 0.743. The molecule has 1 N–H and O–H groups in total. The molecule has 3 aliphatic carbocycles. The van der Waals surface area contributed by atoms with Gasteiger partial charge in [-0.05, 0) is 84.7 Å².